The number of hydrogen-bond acceptors (Lipinski definition) is 3. The van der Waals surface area contributed by atoms with Gasteiger partial charge in [0.05, 0.1) is 11.1 Å². The molecule has 3 nitrogen and oxygen atoms in total. The van der Waals surface area contributed by atoms with E-state index in [1.807, 2.05) is 18.2 Å². The third kappa shape index (κ3) is 6.06. The highest BCUT2D eigenvalue weighted by molar-refractivity contribution is 5.92. The molecule has 3 rings (SSSR count). The first-order chi connectivity index (χ1) is 15.0. The third-order valence-corrected chi connectivity index (χ3v) is 5.32. The van der Waals surface area contributed by atoms with Gasteiger partial charge in [-0.15, -0.1) is 0 Å². The summed E-state index contributed by atoms with van der Waals surface area (Å²) in [6.07, 6.45) is 4.16. The molecule has 158 valence electrons. The van der Waals surface area contributed by atoms with E-state index in [9.17, 15) is 10.1 Å². The highest BCUT2D eigenvalue weighted by atomic mass is 16.5. The van der Waals surface area contributed by atoms with Crippen molar-refractivity contribution in [2.45, 2.75) is 46.5 Å². The second-order valence-electron chi connectivity index (χ2n) is 8.29. The molecule has 0 N–H and O–H groups in total. The average molecular weight is 412 g/mol. The van der Waals surface area contributed by atoms with E-state index in [-0.39, 0.29) is 0 Å². The summed E-state index contributed by atoms with van der Waals surface area (Å²) in [5, 5.41) is 9.40. The van der Waals surface area contributed by atoms with E-state index in [0.29, 0.717) is 22.8 Å². The monoisotopic (exact) mass is 411 g/mol. The molecule has 31 heavy (non-hydrogen) atoms. The molecule has 0 aliphatic heterocycles. The van der Waals surface area contributed by atoms with Gasteiger partial charge in [-0.25, -0.2) is 4.79 Å². The van der Waals surface area contributed by atoms with Gasteiger partial charge >= 0.3 is 5.97 Å². The molecule has 0 heterocycles. The molecule has 3 aromatic rings. The summed E-state index contributed by atoms with van der Waals surface area (Å²) in [4.78, 5) is 12.6. The van der Waals surface area contributed by atoms with Crippen LogP contribution in [0.3, 0.4) is 0 Å². The van der Waals surface area contributed by atoms with Gasteiger partial charge in [0.1, 0.15) is 11.8 Å². The standard InChI is InChI=1S/C28H29NO2/c1-4-5-22-10-17-27(26(18-22)19-29)31-28(30)25-15-13-24(14-16-25)23-11-8-21(9-12-23)7-6-20(2)3/h8-18,20H,4-7H2,1-3H3. The summed E-state index contributed by atoms with van der Waals surface area (Å²) in [7, 11) is 0. The fourth-order valence-electron chi connectivity index (χ4n) is 3.47. The predicted octanol–water partition coefficient (Wildman–Crippen LogP) is 6.99. The Morgan fingerprint density at radius 2 is 1.52 bits per heavy atom. The first kappa shape index (κ1) is 22.3. The lowest BCUT2D eigenvalue weighted by Crippen LogP contribution is -2.09. The van der Waals surface area contributed by atoms with E-state index < -0.39 is 5.97 Å². The number of carbonyl (C=O) groups excluding carboxylic acids is 1. The Kier molecular flexibility index (Phi) is 7.62. The lowest BCUT2D eigenvalue weighted by Gasteiger charge is -2.09. The van der Waals surface area contributed by atoms with Crippen LogP contribution in [0.25, 0.3) is 11.1 Å². The molecule has 0 saturated heterocycles. The van der Waals surface area contributed by atoms with Gasteiger partial charge in [-0.05, 0) is 71.7 Å². The Bertz CT molecular complexity index is 1060. The molecule has 0 aromatic heterocycles. The molecular formula is C28H29NO2. The van der Waals surface area contributed by atoms with Crippen molar-refractivity contribution in [2.75, 3.05) is 0 Å². The van der Waals surface area contributed by atoms with E-state index in [4.69, 9.17) is 4.74 Å². The maximum Gasteiger partial charge on any atom is 0.343 e. The zero-order chi connectivity index (χ0) is 22.2. The summed E-state index contributed by atoms with van der Waals surface area (Å²) in [6, 6.07) is 23.5. The Balaban J connectivity index is 1.69. The summed E-state index contributed by atoms with van der Waals surface area (Å²) < 4.78 is 5.50. The lowest BCUT2D eigenvalue weighted by atomic mass is 9.99. The molecule has 0 unspecified atom stereocenters. The molecule has 0 amide bonds. The van der Waals surface area contributed by atoms with Crippen LogP contribution in [0.5, 0.6) is 5.75 Å². The zero-order valence-corrected chi connectivity index (χ0v) is 18.5. The minimum absolute atomic E-state index is 0.299. The topological polar surface area (TPSA) is 50.1 Å². The maximum atomic E-state index is 12.6. The summed E-state index contributed by atoms with van der Waals surface area (Å²) in [5.74, 6) is 0.536. The molecule has 0 aliphatic rings. The largest absolute Gasteiger partial charge is 0.422 e. The van der Waals surface area contributed by atoms with Crippen molar-refractivity contribution >= 4 is 5.97 Å². The number of aryl methyl sites for hydroxylation is 2. The Labute approximate surface area is 185 Å². The van der Waals surface area contributed by atoms with Crippen molar-refractivity contribution in [3.63, 3.8) is 0 Å². The molecule has 0 spiro atoms. The van der Waals surface area contributed by atoms with E-state index in [0.717, 1.165) is 36.0 Å². The number of benzene rings is 3. The van der Waals surface area contributed by atoms with E-state index in [1.165, 1.54) is 12.0 Å². The van der Waals surface area contributed by atoms with Crippen molar-refractivity contribution in [3.8, 4) is 22.9 Å². The normalized spacial score (nSPS) is 10.7. The predicted molar refractivity (Wildman–Crippen MR) is 125 cm³/mol. The highest BCUT2D eigenvalue weighted by Gasteiger charge is 2.13. The van der Waals surface area contributed by atoms with Crippen LogP contribution < -0.4 is 4.74 Å². The second kappa shape index (κ2) is 10.6. The van der Waals surface area contributed by atoms with Gasteiger partial charge in [0.15, 0.2) is 0 Å². The minimum Gasteiger partial charge on any atom is -0.422 e. The van der Waals surface area contributed by atoms with Crippen LogP contribution in [0.15, 0.2) is 66.7 Å². The number of nitriles is 1. The number of hydrogen-bond donors (Lipinski definition) is 0. The van der Waals surface area contributed by atoms with Gasteiger partial charge < -0.3 is 4.74 Å². The molecule has 0 fully saturated rings. The van der Waals surface area contributed by atoms with Crippen molar-refractivity contribution < 1.29 is 9.53 Å². The minimum atomic E-state index is -0.463. The number of nitrogens with zero attached hydrogens (tertiary/aromatic N) is 1. The van der Waals surface area contributed by atoms with Crippen molar-refractivity contribution in [1.29, 1.82) is 5.26 Å². The fraction of sp³-hybridized carbons (Fsp3) is 0.286. The molecule has 0 saturated carbocycles. The van der Waals surface area contributed by atoms with Crippen LogP contribution in [0.2, 0.25) is 0 Å². The zero-order valence-electron chi connectivity index (χ0n) is 18.5. The lowest BCUT2D eigenvalue weighted by molar-refractivity contribution is 0.0734. The van der Waals surface area contributed by atoms with Gasteiger partial charge in [0.25, 0.3) is 0 Å². The number of ether oxygens (including phenoxy) is 1. The van der Waals surface area contributed by atoms with Crippen LogP contribution in [-0.4, -0.2) is 5.97 Å². The number of carbonyl (C=O) groups is 1. The first-order valence-electron chi connectivity index (χ1n) is 10.9. The molecule has 3 heteroatoms. The molecule has 0 bridgehead atoms. The Morgan fingerprint density at radius 3 is 2.10 bits per heavy atom. The van der Waals surface area contributed by atoms with Crippen LogP contribution >= 0.6 is 0 Å². The number of rotatable bonds is 8. The molecule has 0 atom stereocenters. The molecule has 0 radical (unpaired) electrons. The van der Waals surface area contributed by atoms with E-state index in [2.05, 4.69) is 51.1 Å². The van der Waals surface area contributed by atoms with Crippen LogP contribution in [0.4, 0.5) is 0 Å². The van der Waals surface area contributed by atoms with E-state index in [1.54, 1.807) is 24.3 Å². The van der Waals surface area contributed by atoms with Gasteiger partial charge in [-0.2, -0.15) is 5.26 Å². The van der Waals surface area contributed by atoms with Gasteiger partial charge in [-0.1, -0.05) is 69.7 Å². The van der Waals surface area contributed by atoms with Gasteiger partial charge in [0.2, 0.25) is 0 Å². The molecule has 0 aliphatic carbocycles. The van der Waals surface area contributed by atoms with Crippen molar-refractivity contribution in [2.24, 2.45) is 5.92 Å². The second-order valence-corrected chi connectivity index (χ2v) is 8.29. The van der Waals surface area contributed by atoms with Crippen LogP contribution in [0, 0.1) is 17.2 Å². The van der Waals surface area contributed by atoms with Crippen LogP contribution in [-0.2, 0) is 12.8 Å². The maximum absolute atomic E-state index is 12.6. The Hall–Kier alpha value is -3.38. The van der Waals surface area contributed by atoms with Crippen molar-refractivity contribution in [1.82, 2.24) is 0 Å². The summed E-state index contributed by atoms with van der Waals surface area (Å²) in [6.45, 7) is 6.57. The smallest absolute Gasteiger partial charge is 0.343 e. The number of esters is 1. The third-order valence-electron chi connectivity index (χ3n) is 5.32. The average Bonchev–Trinajstić information content (AvgIpc) is 2.79. The SMILES string of the molecule is CCCc1ccc(OC(=O)c2ccc(-c3ccc(CCC(C)C)cc3)cc2)c(C#N)c1. The Morgan fingerprint density at radius 1 is 0.903 bits per heavy atom. The van der Waals surface area contributed by atoms with Crippen molar-refractivity contribution in [3.05, 3.63) is 89.0 Å². The highest BCUT2D eigenvalue weighted by Crippen LogP contribution is 2.24. The molecule has 3 aromatic carbocycles. The summed E-state index contributed by atoms with van der Waals surface area (Å²) in [5.41, 5.74) is 5.42. The van der Waals surface area contributed by atoms with Gasteiger partial charge in [-0.3, -0.25) is 0 Å². The summed E-state index contributed by atoms with van der Waals surface area (Å²) >= 11 is 0. The molecular weight excluding hydrogens is 382 g/mol. The van der Waals surface area contributed by atoms with E-state index >= 15 is 0 Å². The first-order valence-corrected chi connectivity index (χ1v) is 10.9. The quantitative estimate of drug-likeness (QED) is 0.296. The van der Waals surface area contributed by atoms with Gasteiger partial charge in [0, 0.05) is 0 Å². The fourth-order valence-corrected chi connectivity index (χ4v) is 3.47. The van der Waals surface area contributed by atoms with Crippen LogP contribution in [0.1, 0.15) is 60.7 Å².